The van der Waals surface area contributed by atoms with Gasteiger partial charge >= 0.3 is 5.97 Å². The lowest BCUT2D eigenvalue weighted by Crippen LogP contribution is -2.13. The van der Waals surface area contributed by atoms with Crippen molar-refractivity contribution in [3.8, 4) is 5.75 Å². The highest BCUT2D eigenvalue weighted by Gasteiger charge is 2.17. The molecule has 0 aliphatic carbocycles. The van der Waals surface area contributed by atoms with Crippen LogP contribution in [0.25, 0.3) is 10.8 Å². The summed E-state index contributed by atoms with van der Waals surface area (Å²) in [4.78, 5) is 24.4. The Morgan fingerprint density at radius 3 is 2.43 bits per heavy atom. The molecule has 23 heavy (non-hydrogen) atoms. The van der Waals surface area contributed by atoms with E-state index < -0.39 is 12.6 Å². The summed E-state index contributed by atoms with van der Waals surface area (Å²) in [7, 11) is 0. The maximum absolute atomic E-state index is 12.1. The largest absolute Gasteiger partial charge is 0.507 e. The number of thiophene rings is 1. The molecule has 3 rings (SSSR count). The number of phenolic OH excluding ortho intramolecular Hbond substituents is 1. The molecule has 0 saturated heterocycles. The number of halogens is 1. The third-order valence-corrected chi connectivity index (χ3v) is 4.54. The number of carbonyl (C=O) groups is 2. The van der Waals surface area contributed by atoms with Crippen molar-refractivity contribution >= 4 is 45.5 Å². The van der Waals surface area contributed by atoms with E-state index in [0.29, 0.717) is 9.21 Å². The van der Waals surface area contributed by atoms with Crippen molar-refractivity contribution in [2.45, 2.75) is 0 Å². The number of benzene rings is 2. The number of hydrogen-bond acceptors (Lipinski definition) is 5. The molecular weight excluding hydrogens is 336 g/mol. The first kappa shape index (κ1) is 15.5. The van der Waals surface area contributed by atoms with Crippen molar-refractivity contribution < 1.29 is 19.4 Å². The Morgan fingerprint density at radius 2 is 1.78 bits per heavy atom. The van der Waals surface area contributed by atoms with Crippen LogP contribution in [-0.4, -0.2) is 23.5 Å². The second kappa shape index (κ2) is 6.40. The molecule has 0 unspecified atom stereocenters. The van der Waals surface area contributed by atoms with E-state index in [4.69, 9.17) is 16.3 Å². The molecule has 1 N–H and O–H groups in total. The van der Waals surface area contributed by atoms with E-state index in [0.717, 1.165) is 22.1 Å². The van der Waals surface area contributed by atoms with Crippen LogP contribution in [0, 0.1) is 0 Å². The molecule has 3 aromatic rings. The van der Waals surface area contributed by atoms with Crippen LogP contribution in [0.4, 0.5) is 0 Å². The zero-order chi connectivity index (χ0) is 16.4. The van der Waals surface area contributed by atoms with Gasteiger partial charge in [0.2, 0.25) is 5.78 Å². The highest BCUT2D eigenvalue weighted by Crippen LogP contribution is 2.26. The van der Waals surface area contributed by atoms with E-state index >= 15 is 0 Å². The summed E-state index contributed by atoms with van der Waals surface area (Å²) in [5.74, 6) is -1.26. The van der Waals surface area contributed by atoms with Gasteiger partial charge in [-0.2, -0.15) is 0 Å². The number of rotatable bonds is 4. The molecule has 0 fully saturated rings. The number of esters is 1. The summed E-state index contributed by atoms with van der Waals surface area (Å²) < 4.78 is 5.49. The number of Topliss-reactive ketones (excluding diaryl/α,β-unsaturated/α-hetero) is 1. The molecule has 0 spiro atoms. The molecule has 1 heterocycles. The predicted octanol–water partition coefficient (Wildman–Crippen LogP) is 4.30. The first-order chi connectivity index (χ1) is 11.0. The van der Waals surface area contributed by atoms with Crippen molar-refractivity contribution in [3.05, 3.63) is 63.3 Å². The topological polar surface area (TPSA) is 63.6 Å². The van der Waals surface area contributed by atoms with Gasteiger partial charge in [-0.25, -0.2) is 4.79 Å². The van der Waals surface area contributed by atoms with Crippen LogP contribution in [0.15, 0.2) is 48.5 Å². The lowest BCUT2D eigenvalue weighted by Gasteiger charge is -2.07. The summed E-state index contributed by atoms with van der Waals surface area (Å²) in [5.41, 5.74) is 0.0284. The molecule has 0 aliphatic heterocycles. The average molecular weight is 347 g/mol. The van der Waals surface area contributed by atoms with Gasteiger partial charge in [-0.15, -0.1) is 11.3 Å². The van der Waals surface area contributed by atoms with Crippen molar-refractivity contribution in [1.29, 1.82) is 0 Å². The second-order valence-corrected chi connectivity index (χ2v) is 6.53. The van der Waals surface area contributed by atoms with Crippen LogP contribution in [0.5, 0.6) is 5.75 Å². The summed E-state index contributed by atoms with van der Waals surface area (Å²) in [6.07, 6.45) is 0. The van der Waals surface area contributed by atoms with Gasteiger partial charge in [-0.1, -0.05) is 35.9 Å². The van der Waals surface area contributed by atoms with Gasteiger partial charge in [0.05, 0.1) is 9.21 Å². The SMILES string of the molecule is O=C(COC(=O)c1cc2ccccc2cc1O)c1ccc(Cl)s1. The van der Waals surface area contributed by atoms with Gasteiger partial charge in [-0.3, -0.25) is 4.79 Å². The minimum absolute atomic E-state index is 0.0284. The first-order valence-electron chi connectivity index (χ1n) is 6.72. The Hall–Kier alpha value is -2.37. The second-order valence-electron chi connectivity index (χ2n) is 4.82. The molecule has 6 heteroatoms. The molecule has 0 atom stereocenters. The van der Waals surface area contributed by atoms with Crippen LogP contribution in [0.1, 0.15) is 20.0 Å². The van der Waals surface area contributed by atoms with Crippen molar-refractivity contribution in [3.63, 3.8) is 0 Å². The van der Waals surface area contributed by atoms with E-state index in [9.17, 15) is 14.7 Å². The average Bonchev–Trinajstić information content (AvgIpc) is 2.98. The Bertz CT molecular complexity index is 900. The highest BCUT2D eigenvalue weighted by atomic mass is 35.5. The van der Waals surface area contributed by atoms with E-state index in [2.05, 4.69) is 0 Å². The molecule has 4 nitrogen and oxygen atoms in total. The minimum Gasteiger partial charge on any atom is -0.507 e. The van der Waals surface area contributed by atoms with E-state index in [1.807, 2.05) is 24.3 Å². The number of carbonyl (C=O) groups excluding carboxylic acids is 2. The summed E-state index contributed by atoms with van der Waals surface area (Å²) in [5, 5.41) is 11.6. The van der Waals surface area contributed by atoms with Crippen LogP contribution < -0.4 is 0 Å². The number of fused-ring (bicyclic) bond motifs is 1. The van der Waals surface area contributed by atoms with Gasteiger partial charge in [0, 0.05) is 0 Å². The molecule has 0 amide bonds. The number of hydrogen-bond donors (Lipinski definition) is 1. The first-order valence-corrected chi connectivity index (χ1v) is 7.91. The quantitative estimate of drug-likeness (QED) is 0.565. The zero-order valence-electron chi connectivity index (χ0n) is 11.8. The standard InChI is InChI=1S/C17H11ClO4S/c18-16-6-5-15(23-16)14(20)9-22-17(21)12-7-10-3-1-2-4-11(10)8-13(12)19/h1-8,19H,9H2. The highest BCUT2D eigenvalue weighted by molar-refractivity contribution is 7.18. The smallest absolute Gasteiger partial charge is 0.342 e. The van der Waals surface area contributed by atoms with Crippen LogP contribution in [-0.2, 0) is 4.74 Å². The Kier molecular flexibility index (Phi) is 4.32. The Balaban J connectivity index is 1.75. The van der Waals surface area contributed by atoms with Crippen molar-refractivity contribution in [2.75, 3.05) is 6.61 Å². The molecule has 0 aliphatic rings. The molecule has 0 bridgehead atoms. The van der Waals surface area contributed by atoms with Gasteiger partial charge in [0.15, 0.2) is 6.61 Å². The van der Waals surface area contributed by atoms with Crippen molar-refractivity contribution in [1.82, 2.24) is 0 Å². The molecule has 0 saturated carbocycles. The number of ketones is 1. The lowest BCUT2D eigenvalue weighted by molar-refractivity contribution is 0.0473. The molecule has 1 aromatic heterocycles. The Labute approximate surface area is 140 Å². The fourth-order valence-corrected chi connectivity index (χ4v) is 3.10. The van der Waals surface area contributed by atoms with E-state index in [1.54, 1.807) is 18.2 Å². The van der Waals surface area contributed by atoms with Crippen LogP contribution in [0.3, 0.4) is 0 Å². The predicted molar refractivity (Wildman–Crippen MR) is 89.6 cm³/mol. The number of aromatic hydroxyl groups is 1. The fraction of sp³-hybridized carbons (Fsp3) is 0.0588. The molecule has 0 radical (unpaired) electrons. The van der Waals surface area contributed by atoms with Gasteiger partial charge < -0.3 is 9.84 Å². The molecule has 2 aromatic carbocycles. The number of phenols is 1. The van der Waals surface area contributed by atoms with Crippen LogP contribution in [0.2, 0.25) is 4.34 Å². The van der Waals surface area contributed by atoms with Gasteiger partial charge in [-0.05, 0) is 35.0 Å². The van der Waals surface area contributed by atoms with Crippen molar-refractivity contribution in [2.24, 2.45) is 0 Å². The third kappa shape index (κ3) is 3.36. The van der Waals surface area contributed by atoms with E-state index in [1.165, 1.54) is 6.07 Å². The normalized spacial score (nSPS) is 10.7. The maximum Gasteiger partial charge on any atom is 0.342 e. The molecule has 116 valence electrons. The zero-order valence-corrected chi connectivity index (χ0v) is 13.4. The summed E-state index contributed by atoms with van der Waals surface area (Å²) in [6.45, 7) is -0.401. The maximum atomic E-state index is 12.1. The summed E-state index contributed by atoms with van der Waals surface area (Å²) >= 11 is 6.89. The Morgan fingerprint density at radius 1 is 1.09 bits per heavy atom. The number of ether oxygens (including phenoxy) is 1. The summed E-state index contributed by atoms with van der Waals surface area (Å²) in [6, 6.07) is 13.5. The third-order valence-electron chi connectivity index (χ3n) is 3.27. The van der Waals surface area contributed by atoms with Gasteiger partial charge in [0.25, 0.3) is 0 Å². The minimum atomic E-state index is -0.746. The van der Waals surface area contributed by atoms with Gasteiger partial charge in [0.1, 0.15) is 11.3 Å². The molecular formula is C17H11ClO4S. The fourth-order valence-electron chi connectivity index (χ4n) is 2.14. The lowest BCUT2D eigenvalue weighted by atomic mass is 10.1. The monoisotopic (exact) mass is 346 g/mol. The van der Waals surface area contributed by atoms with Crippen LogP contribution >= 0.6 is 22.9 Å². The van der Waals surface area contributed by atoms with E-state index in [-0.39, 0.29) is 17.1 Å².